The standard InChI is InChI=1S/C5H11NO3/c1-4(6)2-9-3-5(7)8/h4H,2-3,6H2,1H3,(H,7,8)/t4-/m1/s1. The summed E-state index contributed by atoms with van der Waals surface area (Å²) >= 11 is 0. The molecule has 0 aromatic heterocycles. The van der Waals surface area contributed by atoms with Gasteiger partial charge < -0.3 is 15.6 Å². The molecule has 54 valence electrons. The lowest BCUT2D eigenvalue weighted by Gasteiger charge is -2.02. The molecule has 0 radical (unpaired) electrons. The molecular weight excluding hydrogens is 122 g/mol. The van der Waals surface area contributed by atoms with Crippen LogP contribution in [0, 0.1) is 0 Å². The number of hydrogen-bond donors (Lipinski definition) is 2. The van der Waals surface area contributed by atoms with E-state index in [2.05, 4.69) is 4.74 Å². The molecule has 0 fully saturated rings. The molecule has 0 aliphatic rings. The Hall–Kier alpha value is -0.610. The zero-order valence-corrected chi connectivity index (χ0v) is 5.33. The first kappa shape index (κ1) is 8.39. The SMILES string of the molecule is C[C@@H](N)COCC(=O)O. The van der Waals surface area contributed by atoms with Crippen molar-refractivity contribution in [3.63, 3.8) is 0 Å². The van der Waals surface area contributed by atoms with Crippen LogP contribution in [0.15, 0.2) is 0 Å². The Morgan fingerprint density at radius 2 is 2.44 bits per heavy atom. The normalized spacial score (nSPS) is 13.1. The predicted molar refractivity (Wildman–Crippen MR) is 32.1 cm³/mol. The molecule has 0 bridgehead atoms. The van der Waals surface area contributed by atoms with Crippen molar-refractivity contribution in [1.82, 2.24) is 0 Å². The van der Waals surface area contributed by atoms with Gasteiger partial charge in [0.15, 0.2) is 0 Å². The van der Waals surface area contributed by atoms with E-state index in [0.29, 0.717) is 6.61 Å². The smallest absolute Gasteiger partial charge is 0.329 e. The number of hydrogen-bond acceptors (Lipinski definition) is 3. The summed E-state index contributed by atoms with van der Waals surface area (Å²) in [7, 11) is 0. The van der Waals surface area contributed by atoms with E-state index in [4.69, 9.17) is 10.8 Å². The molecular formula is C5H11NO3. The van der Waals surface area contributed by atoms with Gasteiger partial charge in [-0.3, -0.25) is 0 Å². The predicted octanol–water partition coefficient (Wildman–Crippen LogP) is -0.565. The van der Waals surface area contributed by atoms with Crippen LogP contribution in [0.4, 0.5) is 0 Å². The molecule has 0 spiro atoms. The van der Waals surface area contributed by atoms with Crippen LogP contribution in [0.3, 0.4) is 0 Å². The number of rotatable bonds is 4. The molecule has 4 nitrogen and oxygen atoms in total. The quantitative estimate of drug-likeness (QED) is 0.539. The van der Waals surface area contributed by atoms with Crippen LogP contribution in [-0.2, 0) is 9.53 Å². The van der Waals surface area contributed by atoms with Crippen molar-refractivity contribution < 1.29 is 14.6 Å². The fourth-order valence-corrected chi connectivity index (χ4v) is 0.332. The summed E-state index contributed by atoms with van der Waals surface area (Å²) in [5.74, 6) is -0.962. The van der Waals surface area contributed by atoms with Gasteiger partial charge in [0.25, 0.3) is 0 Å². The van der Waals surface area contributed by atoms with Crippen LogP contribution in [0.1, 0.15) is 6.92 Å². The van der Waals surface area contributed by atoms with Gasteiger partial charge in [0.1, 0.15) is 6.61 Å². The summed E-state index contributed by atoms with van der Waals surface area (Å²) in [5, 5.41) is 8.06. The Morgan fingerprint density at radius 1 is 1.89 bits per heavy atom. The average molecular weight is 133 g/mol. The van der Waals surface area contributed by atoms with E-state index in [9.17, 15) is 4.79 Å². The molecule has 0 aromatic carbocycles. The van der Waals surface area contributed by atoms with E-state index in [0.717, 1.165) is 0 Å². The van der Waals surface area contributed by atoms with Crippen molar-refractivity contribution in [2.45, 2.75) is 13.0 Å². The van der Waals surface area contributed by atoms with Crippen LogP contribution in [0.5, 0.6) is 0 Å². The number of carboxylic acids is 1. The fourth-order valence-electron chi connectivity index (χ4n) is 0.332. The summed E-state index contributed by atoms with van der Waals surface area (Å²) in [6, 6.07) is -0.0932. The molecule has 0 aromatic rings. The summed E-state index contributed by atoms with van der Waals surface area (Å²) in [6.07, 6.45) is 0. The van der Waals surface area contributed by atoms with Gasteiger partial charge in [-0.25, -0.2) is 4.79 Å². The Bertz CT molecular complexity index is 92.2. The van der Waals surface area contributed by atoms with E-state index in [1.165, 1.54) is 0 Å². The molecule has 0 aliphatic heterocycles. The first-order valence-corrected chi connectivity index (χ1v) is 2.68. The molecule has 0 amide bonds. The first-order chi connectivity index (χ1) is 4.13. The van der Waals surface area contributed by atoms with Crippen LogP contribution in [-0.4, -0.2) is 30.3 Å². The summed E-state index contributed by atoms with van der Waals surface area (Å²) < 4.78 is 4.63. The average Bonchev–Trinajstić information content (AvgIpc) is 1.63. The summed E-state index contributed by atoms with van der Waals surface area (Å²) in [5.41, 5.74) is 5.26. The second kappa shape index (κ2) is 4.29. The van der Waals surface area contributed by atoms with Gasteiger partial charge in [0.2, 0.25) is 0 Å². The highest BCUT2D eigenvalue weighted by Crippen LogP contribution is 1.78. The van der Waals surface area contributed by atoms with Gasteiger partial charge in [-0.1, -0.05) is 0 Å². The van der Waals surface area contributed by atoms with Crippen LogP contribution >= 0.6 is 0 Å². The van der Waals surface area contributed by atoms with Crippen molar-refractivity contribution >= 4 is 5.97 Å². The minimum Gasteiger partial charge on any atom is -0.480 e. The molecule has 1 atom stereocenters. The van der Waals surface area contributed by atoms with Crippen LogP contribution < -0.4 is 5.73 Å². The maximum Gasteiger partial charge on any atom is 0.329 e. The van der Waals surface area contributed by atoms with Crippen molar-refractivity contribution in [2.24, 2.45) is 5.73 Å². The van der Waals surface area contributed by atoms with E-state index in [-0.39, 0.29) is 12.6 Å². The van der Waals surface area contributed by atoms with E-state index < -0.39 is 5.97 Å². The Balaban J connectivity index is 3.01. The molecule has 9 heavy (non-hydrogen) atoms. The van der Waals surface area contributed by atoms with E-state index in [1.807, 2.05) is 0 Å². The van der Waals surface area contributed by atoms with Crippen LogP contribution in [0.25, 0.3) is 0 Å². The van der Waals surface area contributed by atoms with Gasteiger partial charge in [0, 0.05) is 6.04 Å². The van der Waals surface area contributed by atoms with E-state index >= 15 is 0 Å². The molecule has 0 heterocycles. The molecule has 0 saturated heterocycles. The van der Waals surface area contributed by atoms with Gasteiger partial charge in [-0.15, -0.1) is 0 Å². The maximum absolute atomic E-state index is 9.81. The second-order valence-corrected chi connectivity index (χ2v) is 1.89. The highest BCUT2D eigenvalue weighted by molar-refractivity contribution is 5.67. The first-order valence-electron chi connectivity index (χ1n) is 2.68. The van der Waals surface area contributed by atoms with Crippen molar-refractivity contribution in [2.75, 3.05) is 13.2 Å². The molecule has 0 unspecified atom stereocenters. The molecule has 3 N–H and O–H groups in total. The lowest BCUT2D eigenvalue weighted by Crippen LogP contribution is -2.23. The minimum absolute atomic E-state index is 0.0932. The monoisotopic (exact) mass is 133 g/mol. The second-order valence-electron chi connectivity index (χ2n) is 1.89. The third kappa shape index (κ3) is 7.39. The third-order valence-electron chi connectivity index (χ3n) is 0.606. The number of carboxylic acid groups (broad SMARTS) is 1. The minimum atomic E-state index is -0.962. The Kier molecular flexibility index (Phi) is 4.00. The topological polar surface area (TPSA) is 72.5 Å². The number of aliphatic carboxylic acids is 1. The fraction of sp³-hybridized carbons (Fsp3) is 0.800. The molecule has 0 rings (SSSR count). The highest BCUT2D eigenvalue weighted by Gasteiger charge is 1.97. The van der Waals surface area contributed by atoms with Gasteiger partial charge in [-0.2, -0.15) is 0 Å². The summed E-state index contributed by atoms with van der Waals surface area (Å²) in [6.45, 7) is 1.79. The lowest BCUT2D eigenvalue weighted by molar-refractivity contribution is -0.142. The van der Waals surface area contributed by atoms with Crippen molar-refractivity contribution in [3.8, 4) is 0 Å². The Labute approximate surface area is 53.6 Å². The number of ether oxygens (including phenoxy) is 1. The lowest BCUT2D eigenvalue weighted by atomic mass is 10.4. The largest absolute Gasteiger partial charge is 0.480 e. The molecule has 4 heteroatoms. The van der Waals surface area contributed by atoms with Gasteiger partial charge in [0.05, 0.1) is 6.61 Å². The molecule has 0 aliphatic carbocycles. The van der Waals surface area contributed by atoms with Gasteiger partial charge in [-0.05, 0) is 6.92 Å². The van der Waals surface area contributed by atoms with E-state index in [1.54, 1.807) is 6.92 Å². The van der Waals surface area contributed by atoms with Gasteiger partial charge >= 0.3 is 5.97 Å². The van der Waals surface area contributed by atoms with Crippen molar-refractivity contribution in [1.29, 1.82) is 0 Å². The third-order valence-corrected chi connectivity index (χ3v) is 0.606. The number of carbonyl (C=O) groups is 1. The maximum atomic E-state index is 9.81. The zero-order valence-electron chi connectivity index (χ0n) is 5.33. The number of nitrogens with two attached hydrogens (primary N) is 1. The van der Waals surface area contributed by atoms with Crippen LogP contribution in [0.2, 0.25) is 0 Å². The molecule has 0 saturated carbocycles. The zero-order chi connectivity index (χ0) is 7.28. The Morgan fingerprint density at radius 3 is 2.78 bits per heavy atom. The van der Waals surface area contributed by atoms with Crippen molar-refractivity contribution in [3.05, 3.63) is 0 Å². The summed E-state index contributed by atoms with van der Waals surface area (Å²) in [4.78, 5) is 9.81. The highest BCUT2D eigenvalue weighted by atomic mass is 16.5.